The average molecular weight is 373 g/mol. The fourth-order valence-corrected chi connectivity index (χ4v) is 3.35. The van der Waals surface area contributed by atoms with Gasteiger partial charge >= 0.3 is 0 Å². The molecule has 2 aromatic heterocycles. The largest absolute Gasteiger partial charge is 0.380 e. The summed E-state index contributed by atoms with van der Waals surface area (Å²) >= 11 is 0. The van der Waals surface area contributed by atoms with Crippen LogP contribution in [0.15, 0.2) is 73.3 Å². The van der Waals surface area contributed by atoms with Crippen molar-refractivity contribution in [2.24, 2.45) is 0 Å². The highest BCUT2D eigenvalue weighted by Gasteiger charge is 2.22. The summed E-state index contributed by atoms with van der Waals surface area (Å²) < 4.78 is 0. The highest BCUT2D eigenvalue weighted by Crippen LogP contribution is 2.18. The fraction of sp³-hybridized carbons (Fsp3) is 0.227. The lowest BCUT2D eigenvalue weighted by atomic mass is 10.2. The Hall–Kier alpha value is -3.41. The highest BCUT2D eigenvalue weighted by atomic mass is 16.2. The van der Waals surface area contributed by atoms with Crippen LogP contribution >= 0.6 is 0 Å². The van der Waals surface area contributed by atoms with Crippen molar-refractivity contribution in [2.45, 2.75) is 6.54 Å². The van der Waals surface area contributed by atoms with Gasteiger partial charge in [0.15, 0.2) is 0 Å². The van der Waals surface area contributed by atoms with Gasteiger partial charge in [-0.25, -0.2) is 0 Å². The van der Waals surface area contributed by atoms with Gasteiger partial charge in [0.1, 0.15) is 0 Å². The summed E-state index contributed by atoms with van der Waals surface area (Å²) in [5, 5.41) is 3.32. The van der Waals surface area contributed by atoms with Crippen LogP contribution in [0.25, 0.3) is 0 Å². The summed E-state index contributed by atoms with van der Waals surface area (Å²) in [5.74, 6) is 0.0350. The molecule has 4 rings (SSSR count). The molecule has 28 heavy (non-hydrogen) atoms. The molecule has 1 aliphatic heterocycles. The molecule has 1 aliphatic rings. The first kappa shape index (κ1) is 18.0. The van der Waals surface area contributed by atoms with Gasteiger partial charge in [0.25, 0.3) is 5.91 Å². The summed E-state index contributed by atoms with van der Waals surface area (Å²) in [7, 11) is 0. The van der Waals surface area contributed by atoms with Gasteiger partial charge in [0.2, 0.25) is 0 Å². The van der Waals surface area contributed by atoms with E-state index in [9.17, 15) is 4.79 Å². The van der Waals surface area contributed by atoms with Gasteiger partial charge in [-0.05, 0) is 35.9 Å². The van der Waals surface area contributed by atoms with Crippen LogP contribution in [-0.2, 0) is 6.54 Å². The van der Waals surface area contributed by atoms with Crippen molar-refractivity contribution in [1.82, 2.24) is 14.9 Å². The molecule has 0 spiro atoms. The summed E-state index contributed by atoms with van der Waals surface area (Å²) in [4.78, 5) is 25.4. The first-order chi connectivity index (χ1) is 13.8. The van der Waals surface area contributed by atoms with Crippen LogP contribution in [0.3, 0.4) is 0 Å². The molecule has 1 fully saturated rings. The Morgan fingerprint density at radius 2 is 1.68 bits per heavy atom. The third-order valence-electron chi connectivity index (χ3n) is 4.92. The van der Waals surface area contributed by atoms with Gasteiger partial charge in [0, 0.05) is 63.2 Å². The quantitative estimate of drug-likeness (QED) is 0.745. The molecule has 0 radical (unpaired) electrons. The predicted octanol–water partition coefficient (Wildman–Crippen LogP) is 3.05. The number of carbonyl (C=O) groups excluding carboxylic acids is 1. The summed E-state index contributed by atoms with van der Waals surface area (Å²) in [5.41, 5.74) is 3.79. The lowest BCUT2D eigenvalue weighted by molar-refractivity contribution is 0.0746. The first-order valence-electron chi connectivity index (χ1n) is 9.47. The van der Waals surface area contributed by atoms with Crippen molar-refractivity contribution >= 4 is 17.3 Å². The fourth-order valence-electron chi connectivity index (χ4n) is 3.35. The number of nitrogens with zero attached hydrogens (tertiary/aromatic N) is 4. The molecule has 1 N–H and O–H groups in total. The molecule has 142 valence electrons. The number of hydrogen-bond acceptors (Lipinski definition) is 5. The third kappa shape index (κ3) is 4.28. The molecule has 0 unspecified atom stereocenters. The van der Waals surface area contributed by atoms with Crippen molar-refractivity contribution in [3.63, 3.8) is 0 Å². The van der Waals surface area contributed by atoms with Crippen LogP contribution in [0.5, 0.6) is 0 Å². The molecule has 1 saturated heterocycles. The zero-order valence-corrected chi connectivity index (χ0v) is 15.7. The van der Waals surface area contributed by atoms with Crippen LogP contribution in [0.2, 0.25) is 0 Å². The van der Waals surface area contributed by atoms with E-state index in [0.717, 1.165) is 24.3 Å². The second-order valence-corrected chi connectivity index (χ2v) is 6.79. The van der Waals surface area contributed by atoms with Gasteiger partial charge in [-0.3, -0.25) is 14.8 Å². The number of pyridine rings is 2. The number of amides is 1. The zero-order chi connectivity index (χ0) is 19.2. The molecule has 0 saturated carbocycles. The van der Waals surface area contributed by atoms with Gasteiger partial charge in [0.05, 0.1) is 11.3 Å². The highest BCUT2D eigenvalue weighted by molar-refractivity contribution is 5.95. The third-order valence-corrected chi connectivity index (χ3v) is 4.92. The summed E-state index contributed by atoms with van der Waals surface area (Å²) in [6.07, 6.45) is 6.92. The maximum Gasteiger partial charge on any atom is 0.255 e. The van der Waals surface area contributed by atoms with E-state index in [2.05, 4.69) is 32.3 Å². The first-order valence-corrected chi connectivity index (χ1v) is 9.47. The topological polar surface area (TPSA) is 61.4 Å². The van der Waals surface area contributed by atoms with E-state index in [-0.39, 0.29) is 5.91 Å². The Morgan fingerprint density at radius 3 is 2.43 bits per heavy atom. The molecular formula is C22H23N5O. The second-order valence-electron chi connectivity index (χ2n) is 6.79. The average Bonchev–Trinajstić information content (AvgIpc) is 2.79. The van der Waals surface area contributed by atoms with Crippen LogP contribution in [0.1, 0.15) is 15.9 Å². The number of benzene rings is 1. The number of aromatic nitrogens is 2. The standard InChI is InChI=1S/C22H23N5O/c28-22(27-12-10-26(11-13-27)21-4-2-1-3-5-21)19-14-20(17-24-16-19)25-15-18-6-8-23-9-7-18/h1-9,14,16-17,25H,10-13,15H2. The van der Waals surface area contributed by atoms with Crippen LogP contribution < -0.4 is 10.2 Å². The molecule has 3 aromatic rings. The van der Waals surface area contributed by atoms with E-state index in [1.54, 1.807) is 24.8 Å². The minimum Gasteiger partial charge on any atom is -0.380 e. The molecule has 0 aliphatic carbocycles. The van der Waals surface area contributed by atoms with Crippen LogP contribution in [0.4, 0.5) is 11.4 Å². The summed E-state index contributed by atoms with van der Waals surface area (Å²) in [6.45, 7) is 3.76. The normalized spacial score (nSPS) is 14.0. The Bertz CT molecular complexity index is 908. The molecule has 1 aromatic carbocycles. The molecule has 0 atom stereocenters. The van der Waals surface area contributed by atoms with Crippen molar-refractivity contribution in [2.75, 3.05) is 36.4 Å². The predicted molar refractivity (Wildman–Crippen MR) is 110 cm³/mol. The molecular weight excluding hydrogens is 350 g/mol. The minimum atomic E-state index is 0.0350. The van der Waals surface area contributed by atoms with Crippen molar-refractivity contribution in [3.05, 3.63) is 84.4 Å². The Balaban J connectivity index is 1.36. The molecule has 0 bridgehead atoms. The van der Waals surface area contributed by atoms with Crippen LogP contribution in [-0.4, -0.2) is 47.0 Å². The number of para-hydroxylation sites is 1. The number of carbonyl (C=O) groups is 1. The number of anilines is 2. The number of piperazine rings is 1. The lowest BCUT2D eigenvalue weighted by Crippen LogP contribution is -2.48. The van der Waals surface area contributed by atoms with Crippen LogP contribution in [0, 0.1) is 0 Å². The monoisotopic (exact) mass is 373 g/mol. The number of nitrogens with one attached hydrogen (secondary N) is 1. The SMILES string of the molecule is O=C(c1cncc(NCc2ccncc2)c1)N1CCN(c2ccccc2)CC1. The maximum atomic E-state index is 12.9. The van der Waals surface area contributed by atoms with Gasteiger partial charge in [-0.1, -0.05) is 18.2 Å². The second kappa shape index (κ2) is 8.52. The molecule has 3 heterocycles. The van der Waals surface area contributed by atoms with Crippen molar-refractivity contribution in [1.29, 1.82) is 0 Å². The zero-order valence-electron chi connectivity index (χ0n) is 15.7. The Morgan fingerprint density at radius 1 is 0.929 bits per heavy atom. The Kier molecular flexibility index (Phi) is 5.47. The summed E-state index contributed by atoms with van der Waals surface area (Å²) in [6, 6.07) is 16.1. The van der Waals surface area contributed by atoms with E-state index in [1.807, 2.05) is 41.3 Å². The van der Waals surface area contributed by atoms with Gasteiger partial charge in [-0.15, -0.1) is 0 Å². The maximum absolute atomic E-state index is 12.9. The smallest absolute Gasteiger partial charge is 0.255 e. The van der Waals surface area contributed by atoms with Crippen molar-refractivity contribution < 1.29 is 4.79 Å². The Labute approximate surface area is 164 Å². The van der Waals surface area contributed by atoms with Crippen molar-refractivity contribution in [3.8, 4) is 0 Å². The van der Waals surface area contributed by atoms with E-state index < -0.39 is 0 Å². The lowest BCUT2D eigenvalue weighted by Gasteiger charge is -2.36. The van der Waals surface area contributed by atoms with E-state index in [0.29, 0.717) is 25.2 Å². The number of hydrogen-bond donors (Lipinski definition) is 1. The van der Waals surface area contributed by atoms with Gasteiger partial charge in [-0.2, -0.15) is 0 Å². The minimum absolute atomic E-state index is 0.0350. The van der Waals surface area contributed by atoms with E-state index in [4.69, 9.17) is 0 Å². The molecule has 6 nitrogen and oxygen atoms in total. The number of rotatable bonds is 5. The van der Waals surface area contributed by atoms with E-state index >= 15 is 0 Å². The molecule has 1 amide bonds. The van der Waals surface area contributed by atoms with Gasteiger partial charge < -0.3 is 15.1 Å². The molecule has 6 heteroatoms. The van der Waals surface area contributed by atoms with E-state index in [1.165, 1.54) is 5.69 Å².